The molecule has 1 aromatic heterocycles. The van der Waals surface area contributed by atoms with Crippen molar-refractivity contribution in [1.29, 1.82) is 0 Å². The van der Waals surface area contributed by atoms with Gasteiger partial charge in [0.05, 0.1) is 24.9 Å². The average molecular weight is 504 g/mol. The van der Waals surface area contributed by atoms with Crippen LogP contribution in [-0.2, 0) is 11.3 Å². The van der Waals surface area contributed by atoms with Crippen molar-refractivity contribution in [2.45, 2.75) is 19.9 Å². The van der Waals surface area contributed by atoms with E-state index in [1.165, 1.54) is 7.11 Å². The first-order valence-electron chi connectivity index (χ1n) is 10.6. The number of hydrogen-bond donors (Lipinski definition) is 0. The number of carbonyl (C=O) groups excluding carboxylic acids is 2. The van der Waals surface area contributed by atoms with Crippen molar-refractivity contribution >= 4 is 38.5 Å². The fourth-order valence-electron chi connectivity index (χ4n) is 3.97. The first kappa shape index (κ1) is 22.7. The van der Waals surface area contributed by atoms with E-state index in [4.69, 9.17) is 4.74 Å². The van der Waals surface area contributed by atoms with Crippen molar-refractivity contribution in [3.8, 4) is 11.1 Å². The normalized spacial score (nSPS) is 10.9. The van der Waals surface area contributed by atoms with Crippen LogP contribution in [0.5, 0.6) is 0 Å². The number of carbonyl (C=O) groups is 2. The highest BCUT2D eigenvalue weighted by atomic mass is 79.9. The van der Waals surface area contributed by atoms with Crippen molar-refractivity contribution in [3.63, 3.8) is 0 Å². The molecule has 0 N–H and O–H groups in total. The first-order valence-corrected chi connectivity index (χ1v) is 11.4. The molecule has 0 bridgehead atoms. The van der Waals surface area contributed by atoms with E-state index in [1.807, 2.05) is 42.5 Å². The minimum atomic E-state index is -0.428. The van der Waals surface area contributed by atoms with Gasteiger partial charge in [0, 0.05) is 21.8 Å². The van der Waals surface area contributed by atoms with Crippen LogP contribution in [0.1, 0.15) is 39.8 Å². The zero-order chi connectivity index (χ0) is 23.5. The van der Waals surface area contributed by atoms with Gasteiger partial charge in [0.2, 0.25) is 0 Å². The topological polar surface area (TPSA) is 65.4 Å². The van der Waals surface area contributed by atoms with Gasteiger partial charge in [-0.3, -0.25) is 14.2 Å². The minimum absolute atomic E-state index is 0.112. The number of rotatable bonds is 6. The molecule has 6 heteroatoms. The number of methoxy groups -OCH3 is 1. The van der Waals surface area contributed by atoms with Gasteiger partial charge in [0.1, 0.15) is 0 Å². The molecule has 3 aromatic carbocycles. The number of halogens is 1. The van der Waals surface area contributed by atoms with Crippen LogP contribution in [-0.4, -0.2) is 23.4 Å². The van der Waals surface area contributed by atoms with Crippen molar-refractivity contribution in [3.05, 3.63) is 104 Å². The number of Topliss-reactive ketones (excluding diaryl/α,β-unsaturated/α-hetero) is 1. The predicted octanol–water partition coefficient (Wildman–Crippen LogP) is 5.86. The van der Waals surface area contributed by atoms with Gasteiger partial charge in [0.15, 0.2) is 5.78 Å². The maximum Gasteiger partial charge on any atom is 0.337 e. The van der Waals surface area contributed by atoms with Crippen LogP contribution in [0.25, 0.3) is 21.9 Å². The zero-order valence-corrected chi connectivity index (χ0v) is 19.9. The molecule has 33 heavy (non-hydrogen) atoms. The summed E-state index contributed by atoms with van der Waals surface area (Å²) >= 11 is 3.51. The summed E-state index contributed by atoms with van der Waals surface area (Å²) in [6, 6.07) is 22.0. The standard InChI is InChI=1S/C27H22BrNO4/c1-3-23(30)25-24(18-7-5-4-6-8-18)22-15-20(28)13-14-21(22)26(31)29(25)16-17-9-11-19(12-10-17)27(32)33-2/h4-15H,3,16H2,1-2H3. The summed E-state index contributed by atoms with van der Waals surface area (Å²) in [4.78, 5) is 38.6. The summed E-state index contributed by atoms with van der Waals surface area (Å²) in [6.45, 7) is 2.00. The second kappa shape index (κ2) is 9.55. The summed E-state index contributed by atoms with van der Waals surface area (Å²) in [5.41, 5.74) is 2.98. The van der Waals surface area contributed by atoms with Gasteiger partial charge in [-0.1, -0.05) is 65.3 Å². The smallest absolute Gasteiger partial charge is 0.337 e. The lowest BCUT2D eigenvalue weighted by molar-refractivity contribution is 0.0600. The molecule has 0 unspecified atom stereocenters. The third-order valence-corrected chi connectivity index (χ3v) is 6.09. The summed E-state index contributed by atoms with van der Waals surface area (Å²) < 4.78 is 7.14. The Balaban J connectivity index is 2.00. The lowest BCUT2D eigenvalue weighted by Crippen LogP contribution is -2.28. The molecule has 4 rings (SSSR count). The van der Waals surface area contributed by atoms with Crippen LogP contribution in [0, 0.1) is 0 Å². The molecule has 0 aliphatic heterocycles. The molecule has 0 saturated heterocycles. The maximum atomic E-state index is 13.6. The second-order valence-electron chi connectivity index (χ2n) is 7.64. The quantitative estimate of drug-likeness (QED) is 0.244. The highest BCUT2D eigenvalue weighted by Crippen LogP contribution is 2.33. The van der Waals surface area contributed by atoms with Crippen molar-refractivity contribution in [1.82, 2.24) is 4.57 Å². The van der Waals surface area contributed by atoms with Crippen LogP contribution >= 0.6 is 15.9 Å². The third-order valence-electron chi connectivity index (χ3n) is 5.60. The van der Waals surface area contributed by atoms with Crippen LogP contribution in [0.15, 0.2) is 82.1 Å². The fourth-order valence-corrected chi connectivity index (χ4v) is 4.33. The Morgan fingerprint density at radius 3 is 2.27 bits per heavy atom. The highest BCUT2D eigenvalue weighted by Gasteiger charge is 2.22. The number of esters is 1. The van der Waals surface area contributed by atoms with Crippen LogP contribution in [0.2, 0.25) is 0 Å². The van der Waals surface area contributed by atoms with Crippen molar-refractivity contribution in [2.75, 3.05) is 7.11 Å². The summed E-state index contributed by atoms with van der Waals surface area (Å²) in [5, 5.41) is 1.27. The molecule has 0 aliphatic rings. The monoisotopic (exact) mass is 503 g/mol. The minimum Gasteiger partial charge on any atom is -0.465 e. The molecule has 0 saturated carbocycles. The molecule has 5 nitrogen and oxygen atoms in total. The van der Waals surface area contributed by atoms with Crippen LogP contribution in [0.3, 0.4) is 0 Å². The predicted molar refractivity (Wildman–Crippen MR) is 133 cm³/mol. The number of hydrogen-bond acceptors (Lipinski definition) is 4. The highest BCUT2D eigenvalue weighted by molar-refractivity contribution is 9.10. The Labute approximate surface area is 199 Å². The molecule has 0 amide bonds. The van der Waals surface area contributed by atoms with Gasteiger partial charge in [-0.05, 0) is 46.8 Å². The Bertz CT molecular complexity index is 1410. The molecule has 0 atom stereocenters. The molecular weight excluding hydrogens is 482 g/mol. The van der Waals surface area contributed by atoms with E-state index < -0.39 is 5.97 Å². The molecule has 1 heterocycles. The number of aromatic nitrogens is 1. The van der Waals surface area contributed by atoms with Gasteiger partial charge in [-0.15, -0.1) is 0 Å². The van der Waals surface area contributed by atoms with E-state index in [2.05, 4.69) is 15.9 Å². The Hall–Kier alpha value is -3.51. The number of pyridine rings is 1. The van der Waals surface area contributed by atoms with E-state index in [-0.39, 0.29) is 24.3 Å². The summed E-state index contributed by atoms with van der Waals surface area (Å²) in [6.07, 6.45) is 0.264. The second-order valence-corrected chi connectivity index (χ2v) is 8.55. The van der Waals surface area contributed by atoms with Gasteiger partial charge in [-0.25, -0.2) is 4.79 Å². The Kier molecular flexibility index (Phi) is 6.56. The first-order chi connectivity index (χ1) is 15.9. The van der Waals surface area contributed by atoms with E-state index in [9.17, 15) is 14.4 Å². The molecular formula is C27H22BrNO4. The van der Waals surface area contributed by atoms with Gasteiger partial charge in [0.25, 0.3) is 5.56 Å². The molecule has 0 aliphatic carbocycles. The fraction of sp³-hybridized carbons (Fsp3) is 0.148. The van der Waals surface area contributed by atoms with Crippen LogP contribution < -0.4 is 5.56 Å². The molecule has 166 valence electrons. The van der Waals surface area contributed by atoms with Crippen LogP contribution in [0.4, 0.5) is 0 Å². The lowest BCUT2D eigenvalue weighted by atomic mass is 9.94. The third kappa shape index (κ3) is 4.39. The average Bonchev–Trinajstić information content (AvgIpc) is 2.85. The van der Waals surface area contributed by atoms with Gasteiger partial charge in [-0.2, -0.15) is 0 Å². The Morgan fingerprint density at radius 1 is 0.939 bits per heavy atom. The SMILES string of the molecule is CCC(=O)c1c(-c2ccccc2)c2cc(Br)ccc2c(=O)n1Cc1ccc(C(=O)OC)cc1. The zero-order valence-electron chi connectivity index (χ0n) is 18.3. The van der Waals surface area contributed by atoms with Crippen molar-refractivity contribution < 1.29 is 14.3 Å². The maximum absolute atomic E-state index is 13.6. The van der Waals surface area contributed by atoms with E-state index in [1.54, 1.807) is 41.8 Å². The number of ketones is 1. The number of fused-ring (bicyclic) bond motifs is 1. The summed E-state index contributed by atoms with van der Waals surface area (Å²) in [5.74, 6) is -0.540. The van der Waals surface area contributed by atoms with Crippen molar-refractivity contribution in [2.24, 2.45) is 0 Å². The summed E-state index contributed by atoms with van der Waals surface area (Å²) in [7, 11) is 1.33. The van der Waals surface area contributed by atoms with Gasteiger partial charge < -0.3 is 4.74 Å². The number of nitrogens with zero attached hydrogens (tertiary/aromatic N) is 1. The molecule has 4 aromatic rings. The Morgan fingerprint density at radius 2 is 1.64 bits per heavy atom. The molecule has 0 fully saturated rings. The lowest BCUT2D eigenvalue weighted by Gasteiger charge is -2.19. The molecule has 0 spiro atoms. The van der Waals surface area contributed by atoms with Gasteiger partial charge >= 0.3 is 5.97 Å². The number of ether oxygens (including phenoxy) is 1. The van der Waals surface area contributed by atoms with E-state index in [0.29, 0.717) is 16.6 Å². The number of benzene rings is 3. The van der Waals surface area contributed by atoms with E-state index in [0.717, 1.165) is 26.5 Å². The largest absolute Gasteiger partial charge is 0.465 e. The van der Waals surface area contributed by atoms with E-state index >= 15 is 0 Å². The molecule has 0 radical (unpaired) electrons.